The normalized spacial score (nSPS) is 13.1. The standard InChI is InChI=1S/C26H36BrN3O4S/c1-6-20(3)28-26(32)21(4)29(18-22-11-8-12-23(27)17-22)25(31)14-9-15-30(35(5,33)34)24-13-7-10-19(2)16-24/h7-8,10-13,16-17,20-21H,6,9,14-15,18H2,1-5H3,(H,28,32)/t20-,21+/m1/s1. The SMILES string of the molecule is CC[C@@H](C)NC(=O)[C@H](C)N(Cc1cccc(Br)c1)C(=O)CCCN(c1cccc(C)c1)S(C)(=O)=O. The van der Waals surface area contributed by atoms with Gasteiger partial charge in [0.25, 0.3) is 0 Å². The summed E-state index contributed by atoms with van der Waals surface area (Å²) in [5.41, 5.74) is 2.43. The summed E-state index contributed by atoms with van der Waals surface area (Å²) in [5, 5.41) is 2.95. The fourth-order valence-corrected chi connectivity index (χ4v) is 5.07. The summed E-state index contributed by atoms with van der Waals surface area (Å²) in [6, 6.07) is 14.2. The highest BCUT2D eigenvalue weighted by Crippen LogP contribution is 2.21. The van der Waals surface area contributed by atoms with Crippen LogP contribution < -0.4 is 9.62 Å². The number of nitrogens with one attached hydrogen (secondary N) is 1. The maximum Gasteiger partial charge on any atom is 0.242 e. The molecular formula is C26H36BrN3O4S. The van der Waals surface area contributed by atoms with Crippen molar-refractivity contribution in [3.63, 3.8) is 0 Å². The molecule has 2 amide bonds. The first kappa shape index (κ1) is 28.8. The molecule has 0 spiro atoms. The van der Waals surface area contributed by atoms with Gasteiger partial charge < -0.3 is 10.2 Å². The van der Waals surface area contributed by atoms with Gasteiger partial charge in [0.15, 0.2) is 0 Å². The highest BCUT2D eigenvalue weighted by Gasteiger charge is 2.27. The maximum absolute atomic E-state index is 13.3. The van der Waals surface area contributed by atoms with E-state index in [-0.39, 0.29) is 37.4 Å². The third-order valence-electron chi connectivity index (χ3n) is 5.85. The van der Waals surface area contributed by atoms with Crippen molar-refractivity contribution in [3.05, 3.63) is 64.1 Å². The number of rotatable bonds is 12. The van der Waals surface area contributed by atoms with Crippen LogP contribution in [0, 0.1) is 6.92 Å². The molecule has 0 aliphatic carbocycles. The first-order chi connectivity index (χ1) is 16.4. The molecule has 9 heteroatoms. The summed E-state index contributed by atoms with van der Waals surface area (Å²) < 4.78 is 27.1. The fraction of sp³-hybridized carbons (Fsp3) is 0.462. The number of carbonyl (C=O) groups excluding carboxylic acids is 2. The van der Waals surface area contributed by atoms with E-state index in [1.54, 1.807) is 17.9 Å². The van der Waals surface area contributed by atoms with E-state index in [1.165, 1.54) is 4.31 Å². The summed E-state index contributed by atoms with van der Waals surface area (Å²) in [5.74, 6) is -0.408. The van der Waals surface area contributed by atoms with Crippen molar-refractivity contribution in [2.45, 2.75) is 65.6 Å². The van der Waals surface area contributed by atoms with Crippen molar-refractivity contribution in [2.75, 3.05) is 17.1 Å². The Morgan fingerprint density at radius 2 is 1.77 bits per heavy atom. The Morgan fingerprint density at radius 3 is 2.37 bits per heavy atom. The third-order valence-corrected chi connectivity index (χ3v) is 7.54. The highest BCUT2D eigenvalue weighted by molar-refractivity contribution is 9.10. The number of hydrogen-bond acceptors (Lipinski definition) is 4. The molecule has 2 aromatic carbocycles. The lowest BCUT2D eigenvalue weighted by molar-refractivity contribution is -0.140. The van der Waals surface area contributed by atoms with Gasteiger partial charge in [-0.2, -0.15) is 0 Å². The molecule has 0 aromatic heterocycles. The van der Waals surface area contributed by atoms with E-state index in [0.717, 1.165) is 28.3 Å². The van der Waals surface area contributed by atoms with E-state index in [9.17, 15) is 18.0 Å². The van der Waals surface area contributed by atoms with Gasteiger partial charge >= 0.3 is 0 Å². The molecule has 1 N–H and O–H groups in total. The van der Waals surface area contributed by atoms with E-state index >= 15 is 0 Å². The van der Waals surface area contributed by atoms with Crippen LogP contribution in [-0.4, -0.2) is 50.0 Å². The molecule has 0 fully saturated rings. The Morgan fingerprint density at radius 1 is 1.09 bits per heavy atom. The molecule has 0 bridgehead atoms. The predicted molar refractivity (Wildman–Crippen MR) is 145 cm³/mol. The molecule has 0 aliphatic rings. The largest absolute Gasteiger partial charge is 0.352 e. The number of carbonyl (C=O) groups is 2. The van der Waals surface area contributed by atoms with Crippen LogP contribution in [0.2, 0.25) is 0 Å². The Labute approximate surface area is 218 Å². The van der Waals surface area contributed by atoms with Gasteiger partial charge in [0.05, 0.1) is 11.9 Å². The average Bonchev–Trinajstić information content (AvgIpc) is 2.78. The molecule has 0 saturated carbocycles. The highest BCUT2D eigenvalue weighted by atomic mass is 79.9. The molecular weight excluding hydrogens is 530 g/mol. The summed E-state index contributed by atoms with van der Waals surface area (Å²) in [4.78, 5) is 27.7. The molecule has 192 valence electrons. The second-order valence-electron chi connectivity index (χ2n) is 8.92. The minimum Gasteiger partial charge on any atom is -0.352 e. The number of nitrogens with zero attached hydrogens (tertiary/aromatic N) is 2. The van der Waals surface area contributed by atoms with E-state index in [0.29, 0.717) is 12.1 Å². The quantitative estimate of drug-likeness (QED) is 0.406. The van der Waals surface area contributed by atoms with Crippen molar-refractivity contribution in [2.24, 2.45) is 0 Å². The third kappa shape index (κ3) is 8.96. The summed E-state index contributed by atoms with van der Waals surface area (Å²) in [7, 11) is -3.51. The minimum absolute atomic E-state index is 0.00502. The van der Waals surface area contributed by atoms with Gasteiger partial charge in [0, 0.05) is 30.0 Å². The Bertz CT molecular complexity index is 1120. The van der Waals surface area contributed by atoms with Crippen molar-refractivity contribution in [1.82, 2.24) is 10.2 Å². The van der Waals surface area contributed by atoms with Crippen molar-refractivity contribution < 1.29 is 18.0 Å². The van der Waals surface area contributed by atoms with E-state index in [2.05, 4.69) is 21.2 Å². The molecule has 0 aliphatic heterocycles. The van der Waals surface area contributed by atoms with Crippen molar-refractivity contribution >= 4 is 43.5 Å². The maximum atomic E-state index is 13.3. The van der Waals surface area contributed by atoms with Crippen LogP contribution in [0.4, 0.5) is 5.69 Å². The zero-order valence-corrected chi connectivity index (χ0v) is 23.5. The lowest BCUT2D eigenvalue weighted by Gasteiger charge is -2.30. The Kier molecular flexibility index (Phi) is 10.8. The van der Waals surface area contributed by atoms with Crippen molar-refractivity contribution in [1.29, 1.82) is 0 Å². The van der Waals surface area contributed by atoms with Gasteiger partial charge in [-0.1, -0.05) is 47.1 Å². The number of halogens is 1. The number of hydrogen-bond donors (Lipinski definition) is 1. The van der Waals surface area contributed by atoms with Gasteiger partial charge in [-0.25, -0.2) is 8.42 Å². The average molecular weight is 567 g/mol. The summed E-state index contributed by atoms with van der Waals surface area (Å²) in [6.07, 6.45) is 2.40. The second-order valence-corrected chi connectivity index (χ2v) is 11.7. The molecule has 2 rings (SSSR count). The van der Waals surface area contributed by atoms with Crippen LogP contribution in [0.5, 0.6) is 0 Å². The Balaban J connectivity index is 2.17. The van der Waals surface area contributed by atoms with E-state index < -0.39 is 16.1 Å². The van der Waals surface area contributed by atoms with Gasteiger partial charge in [0.2, 0.25) is 21.8 Å². The lowest BCUT2D eigenvalue weighted by Crippen LogP contribution is -2.49. The molecule has 2 aromatic rings. The molecule has 0 heterocycles. The zero-order chi connectivity index (χ0) is 26.2. The van der Waals surface area contributed by atoms with Crippen LogP contribution in [0.25, 0.3) is 0 Å². The number of sulfonamides is 1. The smallest absolute Gasteiger partial charge is 0.242 e. The van der Waals surface area contributed by atoms with E-state index in [1.807, 2.05) is 63.2 Å². The number of amides is 2. The van der Waals surface area contributed by atoms with Crippen LogP contribution >= 0.6 is 15.9 Å². The second kappa shape index (κ2) is 13.1. The van der Waals surface area contributed by atoms with Gasteiger partial charge in [-0.15, -0.1) is 0 Å². The number of anilines is 1. The fourth-order valence-electron chi connectivity index (χ4n) is 3.67. The summed E-state index contributed by atoms with van der Waals surface area (Å²) >= 11 is 3.46. The van der Waals surface area contributed by atoms with Gasteiger partial charge in [-0.3, -0.25) is 13.9 Å². The first-order valence-corrected chi connectivity index (χ1v) is 14.4. The molecule has 7 nitrogen and oxygen atoms in total. The Hall–Kier alpha value is -2.39. The van der Waals surface area contributed by atoms with E-state index in [4.69, 9.17) is 0 Å². The van der Waals surface area contributed by atoms with Crippen LogP contribution in [0.15, 0.2) is 53.0 Å². The molecule has 0 radical (unpaired) electrons. The van der Waals surface area contributed by atoms with Gasteiger partial charge in [0.1, 0.15) is 6.04 Å². The number of benzene rings is 2. The van der Waals surface area contributed by atoms with Crippen LogP contribution in [0.3, 0.4) is 0 Å². The number of aryl methyl sites for hydroxylation is 1. The minimum atomic E-state index is -3.51. The molecule has 0 saturated heterocycles. The molecule has 2 atom stereocenters. The van der Waals surface area contributed by atoms with Crippen molar-refractivity contribution in [3.8, 4) is 0 Å². The molecule has 35 heavy (non-hydrogen) atoms. The topological polar surface area (TPSA) is 86.8 Å². The summed E-state index contributed by atoms with van der Waals surface area (Å²) in [6.45, 7) is 7.99. The van der Waals surface area contributed by atoms with Crippen LogP contribution in [0.1, 0.15) is 51.2 Å². The van der Waals surface area contributed by atoms with Gasteiger partial charge in [-0.05, 0) is 69.0 Å². The van der Waals surface area contributed by atoms with Crippen LogP contribution in [-0.2, 0) is 26.2 Å². The predicted octanol–water partition coefficient (Wildman–Crippen LogP) is 4.64. The monoisotopic (exact) mass is 565 g/mol. The first-order valence-electron chi connectivity index (χ1n) is 11.8. The zero-order valence-electron chi connectivity index (χ0n) is 21.1. The molecule has 0 unspecified atom stereocenters. The lowest BCUT2D eigenvalue weighted by atomic mass is 10.1.